The second kappa shape index (κ2) is 7.68. The van der Waals surface area contributed by atoms with Gasteiger partial charge in [-0.05, 0) is 53.4 Å². The molecule has 2 aromatic carbocycles. The lowest BCUT2D eigenvalue weighted by molar-refractivity contribution is 0.0711. The van der Waals surface area contributed by atoms with E-state index in [4.69, 9.17) is 5.21 Å². The van der Waals surface area contributed by atoms with Crippen LogP contribution in [-0.2, 0) is 23.0 Å². The van der Waals surface area contributed by atoms with Crippen LogP contribution >= 0.6 is 11.3 Å². The van der Waals surface area contributed by atoms with Crippen LogP contribution < -0.4 is 5.48 Å². The number of nitrogens with zero attached hydrogens (tertiary/aromatic N) is 1. The Morgan fingerprint density at radius 1 is 1.10 bits per heavy atom. The second-order valence-corrected chi connectivity index (χ2v) is 9.70. The molecule has 29 heavy (non-hydrogen) atoms. The molecule has 3 aromatic rings. The fourth-order valence-electron chi connectivity index (χ4n) is 3.30. The Balaban J connectivity index is 1.62. The maximum Gasteiger partial charge on any atom is 0.284 e. The molecule has 0 fully saturated rings. The first-order chi connectivity index (χ1) is 13.9. The zero-order valence-electron chi connectivity index (χ0n) is 15.1. The highest BCUT2D eigenvalue weighted by Gasteiger charge is 2.30. The molecule has 6 nitrogen and oxygen atoms in total. The van der Waals surface area contributed by atoms with Crippen molar-refractivity contribution in [3.63, 3.8) is 0 Å². The summed E-state index contributed by atoms with van der Waals surface area (Å²) in [4.78, 5) is 12.9. The molecule has 1 aromatic heterocycles. The maximum absolute atomic E-state index is 13.2. The Bertz CT molecular complexity index is 1170. The lowest BCUT2D eigenvalue weighted by atomic mass is 10.1. The molecular formula is C20H17FN2O4S2. The van der Waals surface area contributed by atoms with E-state index >= 15 is 0 Å². The average Bonchev–Trinajstić information content (AvgIpc) is 3.17. The fraction of sp³-hybridized carbons (Fsp3) is 0.150. The second-order valence-electron chi connectivity index (χ2n) is 6.62. The Morgan fingerprint density at radius 3 is 2.59 bits per heavy atom. The Kier molecular flexibility index (Phi) is 5.22. The van der Waals surface area contributed by atoms with Gasteiger partial charge in [-0.25, -0.2) is 18.3 Å². The number of hydroxylamine groups is 1. The van der Waals surface area contributed by atoms with Gasteiger partial charge in [-0.1, -0.05) is 24.3 Å². The van der Waals surface area contributed by atoms with Gasteiger partial charge in [0, 0.05) is 18.0 Å². The number of hydrogen-bond donors (Lipinski definition) is 2. The number of benzene rings is 2. The highest BCUT2D eigenvalue weighted by atomic mass is 32.2. The first-order valence-corrected chi connectivity index (χ1v) is 11.1. The molecule has 0 atom stereocenters. The molecule has 0 saturated heterocycles. The number of rotatable bonds is 4. The summed E-state index contributed by atoms with van der Waals surface area (Å²) >= 11 is 1.17. The minimum atomic E-state index is -3.74. The largest absolute Gasteiger partial charge is 0.288 e. The van der Waals surface area contributed by atoms with Crippen LogP contribution in [-0.4, -0.2) is 30.4 Å². The average molecular weight is 432 g/mol. The minimum absolute atomic E-state index is 0.160. The summed E-state index contributed by atoms with van der Waals surface area (Å²) in [6.07, 6.45) is 0.488. The van der Waals surface area contributed by atoms with Crippen LogP contribution in [0.5, 0.6) is 0 Å². The van der Waals surface area contributed by atoms with E-state index in [1.165, 1.54) is 33.8 Å². The minimum Gasteiger partial charge on any atom is -0.288 e. The van der Waals surface area contributed by atoms with E-state index in [1.807, 2.05) is 0 Å². The van der Waals surface area contributed by atoms with Gasteiger partial charge in [0.15, 0.2) is 0 Å². The van der Waals surface area contributed by atoms with Crippen molar-refractivity contribution in [1.82, 2.24) is 9.79 Å². The molecule has 2 N–H and O–H groups in total. The Morgan fingerprint density at radius 2 is 1.86 bits per heavy atom. The third-order valence-electron chi connectivity index (χ3n) is 4.82. The molecule has 1 aliphatic rings. The Hall–Kier alpha value is -2.59. The molecule has 1 aliphatic heterocycles. The quantitative estimate of drug-likeness (QED) is 0.489. The van der Waals surface area contributed by atoms with Crippen molar-refractivity contribution in [3.05, 3.63) is 75.7 Å². The van der Waals surface area contributed by atoms with Crippen molar-refractivity contribution in [2.45, 2.75) is 17.9 Å². The van der Waals surface area contributed by atoms with E-state index < -0.39 is 15.9 Å². The summed E-state index contributed by atoms with van der Waals surface area (Å²) < 4.78 is 40.9. The number of amides is 1. The lowest BCUT2D eigenvalue weighted by Crippen LogP contribution is -2.35. The topological polar surface area (TPSA) is 86.7 Å². The van der Waals surface area contributed by atoms with Gasteiger partial charge >= 0.3 is 0 Å². The Labute approximate surface area is 171 Å². The van der Waals surface area contributed by atoms with E-state index in [0.717, 1.165) is 16.0 Å². The van der Waals surface area contributed by atoms with E-state index in [1.54, 1.807) is 41.9 Å². The van der Waals surface area contributed by atoms with Crippen LogP contribution in [0.25, 0.3) is 11.1 Å². The molecule has 0 aliphatic carbocycles. The summed E-state index contributed by atoms with van der Waals surface area (Å²) in [5.74, 6) is -0.961. The molecule has 9 heteroatoms. The molecule has 0 saturated carbocycles. The molecular weight excluding hydrogens is 415 g/mol. The summed E-state index contributed by atoms with van der Waals surface area (Å²) in [6, 6.07) is 14.1. The molecule has 0 unspecified atom stereocenters. The van der Waals surface area contributed by atoms with Crippen molar-refractivity contribution in [1.29, 1.82) is 0 Å². The molecule has 4 rings (SSSR count). The van der Waals surface area contributed by atoms with Crippen LogP contribution in [0.3, 0.4) is 0 Å². The van der Waals surface area contributed by atoms with Gasteiger partial charge in [-0.3, -0.25) is 10.0 Å². The van der Waals surface area contributed by atoms with Gasteiger partial charge in [0.25, 0.3) is 5.91 Å². The predicted molar refractivity (Wildman–Crippen MR) is 107 cm³/mol. The van der Waals surface area contributed by atoms with Crippen molar-refractivity contribution in [2.75, 3.05) is 6.54 Å². The van der Waals surface area contributed by atoms with E-state index in [-0.39, 0.29) is 17.3 Å². The SMILES string of the molecule is O=C(NO)c1cc2c(s1)CN(S(=O)(=O)c1cccc(-c3ccc(F)cc3)c1)CC2. The monoisotopic (exact) mass is 432 g/mol. The summed E-state index contributed by atoms with van der Waals surface area (Å²) in [7, 11) is -3.74. The number of halogens is 1. The zero-order chi connectivity index (χ0) is 20.6. The summed E-state index contributed by atoms with van der Waals surface area (Å²) in [5.41, 5.74) is 3.92. The predicted octanol–water partition coefficient (Wildman–Crippen LogP) is 3.42. The van der Waals surface area contributed by atoms with E-state index in [0.29, 0.717) is 23.4 Å². The molecule has 150 valence electrons. The summed E-state index contributed by atoms with van der Waals surface area (Å²) in [5, 5.41) is 8.79. The van der Waals surface area contributed by atoms with Gasteiger partial charge in [0.05, 0.1) is 9.77 Å². The van der Waals surface area contributed by atoms with Gasteiger partial charge in [0.1, 0.15) is 5.82 Å². The first-order valence-electron chi connectivity index (χ1n) is 8.80. The van der Waals surface area contributed by atoms with Crippen molar-refractivity contribution < 1.29 is 22.8 Å². The third kappa shape index (κ3) is 3.82. The van der Waals surface area contributed by atoms with Crippen molar-refractivity contribution in [2.24, 2.45) is 0 Å². The summed E-state index contributed by atoms with van der Waals surface area (Å²) in [6.45, 7) is 0.467. The van der Waals surface area contributed by atoms with Crippen molar-refractivity contribution >= 4 is 27.3 Å². The lowest BCUT2D eigenvalue weighted by Gasteiger charge is -2.26. The number of fused-ring (bicyclic) bond motifs is 1. The van der Waals surface area contributed by atoms with Crippen LogP contribution in [0, 0.1) is 5.82 Å². The van der Waals surface area contributed by atoms with Gasteiger partial charge < -0.3 is 0 Å². The molecule has 2 heterocycles. The number of thiophene rings is 1. The standard InChI is InChI=1S/C20H17FN2O4S2/c21-16-6-4-13(5-7-16)14-2-1-3-17(10-14)29(26,27)23-9-8-15-11-18(20(24)22-25)28-19(15)12-23/h1-7,10-11,25H,8-9,12H2,(H,22,24). The number of sulfonamides is 1. The van der Waals surface area contributed by atoms with Gasteiger partial charge in [-0.15, -0.1) is 11.3 Å². The molecule has 0 bridgehead atoms. The zero-order valence-corrected chi connectivity index (χ0v) is 16.8. The van der Waals surface area contributed by atoms with Crippen LogP contribution in [0.1, 0.15) is 20.1 Å². The van der Waals surface area contributed by atoms with Crippen molar-refractivity contribution in [3.8, 4) is 11.1 Å². The van der Waals surface area contributed by atoms with Crippen LogP contribution in [0.15, 0.2) is 59.5 Å². The van der Waals surface area contributed by atoms with Crippen LogP contribution in [0.4, 0.5) is 4.39 Å². The number of carbonyl (C=O) groups excluding carboxylic acids is 1. The smallest absolute Gasteiger partial charge is 0.284 e. The number of nitrogens with one attached hydrogen (secondary N) is 1. The maximum atomic E-state index is 13.2. The number of hydrogen-bond acceptors (Lipinski definition) is 5. The molecule has 0 radical (unpaired) electrons. The molecule has 0 spiro atoms. The molecule has 1 amide bonds. The normalized spacial score (nSPS) is 14.4. The first kappa shape index (κ1) is 19.7. The van der Waals surface area contributed by atoms with Gasteiger partial charge in [0.2, 0.25) is 10.0 Å². The third-order valence-corrected chi connectivity index (χ3v) is 7.82. The highest BCUT2D eigenvalue weighted by molar-refractivity contribution is 7.89. The van der Waals surface area contributed by atoms with Gasteiger partial charge in [-0.2, -0.15) is 4.31 Å². The van der Waals surface area contributed by atoms with E-state index in [9.17, 15) is 17.6 Å². The number of carbonyl (C=O) groups is 1. The highest BCUT2D eigenvalue weighted by Crippen LogP contribution is 2.32. The fourth-order valence-corrected chi connectivity index (χ4v) is 5.95. The van der Waals surface area contributed by atoms with Crippen LogP contribution in [0.2, 0.25) is 0 Å². The van der Waals surface area contributed by atoms with E-state index in [2.05, 4.69) is 0 Å².